The van der Waals surface area contributed by atoms with Gasteiger partial charge in [-0.3, -0.25) is 14.6 Å². The first-order valence-electron chi connectivity index (χ1n) is 8.16. The zero-order chi connectivity index (χ0) is 18.7. The lowest BCUT2D eigenvalue weighted by molar-refractivity contribution is -0.129. The number of nitrogens with one attached hydrogen (secondary N) is 1. The highest BCUT2D eigenvalue weighted by molar-refractivity contribution is 6.40. The molecule has 8 heteroatoms. The molecule has 0 bridgehead atoms. The number of hydrogen-bond acceptors (Lipinski definition) is 4. The van der Waals surface area contributed by atoms with Crippen LogP contribution in [0.2, 0.25) is 10.0 Å². The number of para-hydroxylation sites is 1. The number of anilines is 2. The molecule has 26 heavy (non-hydrogen) atoms. The van der Waals surface area contributed by atoms with E-state index < -0.39 is 0 Å². The Balaban J connectivity index is 1.73. The van der Waals surface area contributed by atoms with Crippen LogP contribution in [0.3, 0.4) is 0 Å². The summed E-state index contributed by atoms with van der Waals surface area (Å²) < 4.78 is 0. The molecule has 0 radical (unpaired) electrons. The molecule has 1 aromatic carbocycles. The number of piperazine rings is 1. The van der Waals surface area contributed by atoms with Gasteiger partial charge in [0.25, 0.3) is 5.91 Å². The van der Waals surface area contributed by atoms with Gasteiger partial charge in [0.2, 0.25) is 5.91 Å². The molecule has 0 saturated carbocycles. The molecule has 1 aromatic heterocycles. The van der Waals surface area contributed by atoms with E-state index in [9.17, 15) is 9.59 Å². The van der Waals surface area contributed by atoms with E-state index in [0.29, 0.717) is 47.5 Å². The van der Waals surface area contributed by atoms with E-state index in [1.54, 1.807) is 42.3 Å². The van der Waals surface area contributed by atoms with Crippen molar-refractivity contribution in [1.82, 2.24) is 9.88 Å². The fraction of sp³-hybridized carbons (Fsp3) is 0.278. The van der Waals surface area contributed by atoms with Gasteiger partial charge in [-0.25, -0.2) is 0 Å². The third-order valence-corrected chi connectivity index (χ3v) is 4.91. The minimum absolute atomic E-state index is 0.0764. The highest BCUT2D eigenvalue weighted by Gasteiger charge is 2.20. The molecule has 2 heterocycles. The lowest BCUT2D eigenvalue weighted by atomic mass is 10.2. The average molecular weight is 393 g/mol. The van der Waals surface area contributed by atoms with Crippen molar-refractivity contribution in [3.63, 3.8) is 0 Å². The number of carbonyl (C=O) groups excluding carboxylic acids is 2. The minimum Gasteiger partial charge on any atom is -0.367 e. The van der Waals surface area contributed by atoms with Gasteiger partial charge in [0, 0.05) is 39.3 Å². The van der Waals surface area contributed by atoms with Crippen molar-refractivity contribution in [2.45, 2.75) is 6.92 Å². The molecule has 1 fully saturated rings. The second kappa shape index (κ2) is 7.93. The van der Waals surface area contributed by atoms with Crippen LogP contribution in [-0.2, 0) is 4.79 Å². The van der Waals surface area contributed by atoms with Crippen LogP contribution >= 0.6 is 23.2 Å². The number of aromatic nitrogens is 1. The van der Waals surface area contributed by atoms with E-state index in [-0.39, 0.29) is 11.8 Å². The molecule has 3 rings (SSSR count). The third-order valence-electron chi connectivity index (χ3n) is 4.28. The smallest absolute Gasteiger partial charge is 0.257 e. The summed E-state index contributed by atoms with van der Waals surface area (Å²) in [6.07, 6.45) is 3.21. The number of benzene rings is 1. The Morgan fingerprint density at radius 3 is 2.35 bits per heavy atom. The predicted octanol–water partition coefficient (Wildman–Crippen LogP) is 3.31. The van der Waals surface area contributed by atoms with E-state index in [1.165, 1.54) is 6.20 Å². The summed E-state index contributed by atoms with van der Waals surface area (Å²) in [6, 6.07) is 6.80. The molecule has 2 amide bonds. The van der Waals surface area contributed by atoms with Crippen molar-refractivity contribution in [3.8, 4) is 0 Å². The van der Waals surface area contributed by atoms with Gasteiger partial charge in [0.1, 0.15) is 0 Å². The Morgan fingerprint density at radius 1 is 1.08 bits per heavy atom. The first kappa shape index (κ1) is 18.5. The van der Waals surface area contributed by atoms with Gasteiger partial charge in [-0.15, -0.1) is 0 Å². The zero-order valence-corrected chi connectivity index (χ0v) is 15.7. The van der Waals surface area contributed by atoms with E-state index in [0.717, 1.165) is 5.69 Å². The van der Waals surface area contributed by atoms with Crippen molar-refractivity contribution >= 4 is 46.4 Å². The number of halogens is 2. The van der Waals surface area contributed by atoms with Crippen LogP contribution in [0.1, 0.15) is 17.3 Å². The van der Waals surface area contributed by atoms with Crippen LogP contribution in [-0.4, -0.2) is 47.9 Å². The molecule has 0 unspecified atom stereocenters. The summed E-state index contributed by atoms with van der Waals surface area (Å²) in [4.78, 5) is 32.1. The minimum atomic E-state index is -0.336. The van der Waals surface area contributed by atoms with Crippen LogP contribution < -0.4 is 10.2 Å². The summed E-state index contributed by atoms with van der Waals surface area (Å²) in [5.74, 6) is -0.260. The van der Waals surface area contributed by atoms with Gasteiger partial charge in [0.15, 0.2) is 0 Å². The average Bonchev–Trinajstić information content (AvgIpc) is 2.65. The van der Waals surface area contributed by atoms with Crippen LogP contribution in [0, 0.1) is 0 Å². The van der Waals surface area contributed by atoms with Crippen LogP contribution in [0.15, 0.2) is 36.7 Å². The Labute approximate surface area is 161 Å². The van der Waals surface area contributed by atoms with Crippen molar-refractivity contribution in [3.05, 3.63) is 52.3 Å². The first-order chi connectivity index (χ1) is 12.5. The number of amides is 2. The molecule has 1 saturated heterocycles. The fourth-order valence-corrected chi connectivity index (χ4v) is 3.30. The molecule has 1 aliphatic rings. The quantitative estimate of drug-likeness (QED) is 0.869. The summed E-state index contributed by atoms with van der Waals surface area (Å²) in [5.41, 5.74) is 1.62. The molecule has 1 aliphatic heterocycles. The Morgan fingerprint density at radius 2 is 1.73 bits per heavy atom. The van der Waals surface area contributed by atoms with Crippen LogP contribution in [0.25, 0.3) is 0 Å². The first-order valence-corrected chi connectivity index (χ1v) is 8.92. The third kappa shape index (κ3) is 4.08. The van der Waals surface area contributed by atoms with Crippen molar-refractivity contribution in [2.75, 3.05) is 36.4 Å². The van der Waals surface area contributed by atoms with Gasteiger partial charge in [-0.1, -0.05) is 29.3 Å². The van der Waals surface area contributed by atoms with E-state index in [2.05, 4.69) is 15.2 Å². The normalized spacial score (nSPS) is 14.3. The van der Waals surface area contributed by atoms with E-state index >= 15 is 0 Å². The summed E-state index contributed by atoms with van der Waals surface area (Å²) in [5, 5.41) is 3.47. The number of nitrogens with zero attached hydrogens (tertiary/aromatic N) is 3. The fourth-order valence-electron chi connectivity index (χ4n) is 2.81. The second-order valence-corrected chi connectivity index (χ2v) is 6.79. The standard InChI is InChI=1S/C18H18Cl2N4O2/c1-12(25)23-5-7-24(8-6-23)14-9-13(10-21-11-14)18(26)22-17-15(19)3-2-4-16(17)20/h2-4,9-11H,5-8H2,1H3,(H,22,26). The van der Waals surface area contributed by atoms with Crippen molar-refractivity contribution in [1.29, 1.82) is 0 Å². The van der Waals surface area contributed by atoms with Crippen molar-refractivity contribution in [2.24, 2.45) is 0 Å². The van der Waals surface area contributed by atoms with Gasteiger partial charge >= 0.3 is 0 Å². The highest BCUT2D eigenvalue weighted by Crippen LogP contribution is 2.30. The lowest BCUT2D eigenvalue weighted by Crippen LogP contribution is -2.48. The summed E-state index contributed by atoms with van der Waals surface area (Å²) in [6.45, 7) is 4.27. The maximum atomic E-state index is 12.6. The molecule has 6 nitrogen and oxygen atoms in total. The molecular formula is C18H18Cl2N4O2. The number of rotatable bonds is 3. The van der Waals surface area contributed by atoms with Crippen LogP contribution in [0.5, 0.6) is 0 Å². The van der Waals surface area contributed by atoms with Gasteiger partial charge in [0.05, 0.1) is 33.2 Å². The summed E-state index contributed by atoms with van der Waals surface area (Å²) >= 11 is 12.2. The molecule has 0 aliphatic carbocycles. The second-order valence-electron chi connectivity index (χ2n) is 5.98. The Hall–Kier alpha value is -2.31. The lowest BCUT2D eigenvalue weighted by Gasteiger charge is -2.35. The molecule has 0 atom stereocenters. The Kier molecular flexibility index (Phi) is 5.64. The topological polar surface area (TPSA) is 65.5 Å². The maximum absolute atomic E-state index is 12.6. The van der Waals surface area contributed by atoms with Gasteiger partial charge in [-0.2, -0.15) is 0 Å². The van der Waals surface area contributed by atoms with E-state index in [1.807, 2.05) is 0 Å². The van der Waals surface area contributed by atoms with Crippen LogP contribution in [0.4, 0.5) is 11.4 Å². The number of hydrogen-bond donors (Lipinski definition) is 1. The summed E-state index contributed by atoms with van der Waals surface area (Å²) in [7, 11) is 0. The van der Waals surface area contributed by atoms with Gasteiger partial charge in [-0.05, 0) is 18.2 Å². The molecular weight excluding hydrogens is 375 g/mol. The maximum Gasteiger partial charge on any atom is 0.257 e. The highest BCUT2D eigenvalue weighted by atomic mass is 35.5. The van der Waals surface area contributed by atoms with Gasteiger partial charge < -0.3 is 15.1 Å². The molecule has 1 N–H and O–H groups in total. The number of pyridine rings is 1. The molecule has 2 aromatic rings. The predicted molar refractivity (Wildman–Crippen MR) is 103 cm³/mol. The zero-order valence-electron chi connectivity index (χ0n) is 14.2. The van der Waals surface area contributed by atoms with Crippen molar-refractivity contribution < 1.29 is 9.59 Å². The molecule has 136 valence electrons. The number of carbonyl (C=O) groups is 2. The largest absolute Gasteiger partial charge is 0.367 e. The van der Waals surface area contributed by atoms with E-state index in [4.69, 9.17) is 23.2 Å². The SMILES string of the molecule is CC(=O)N1CCN(c2cncc(C(=O)Nc3c(Cl)cccc3Cl)c2)CC1. The molecule has 0 spiro atoms. The monoisotopic (exact) mass is 392 g/mol. The Bertz CT molecular complexity index is 815.